The number of carbonyl (C=O) groups is 1. The van der Waals surface area contributed by atoms with Crippen LogP contribution in [0.4, 0.5) is 19.4 Å². The lowest BCUT2D eigenvalue weighted by molar-refractivity contribution is 0.0146. The molecule has 9 nitrogen and oxygen atoms in total. The van der Waals surface area contributed by atoms with Gasteiger partial charge in [0, 0.05) is 32.3 Å². The maximum Gasteiger partial charge on any atom is 0.411 e. The van der Waals surface area contributed by atoms with Crippen LogP contribution in [0.25, 0.3) is 10.9 Å². The SMILES string of the molecule is CC(C)(C)OC(=O)N1C2C=CC1CN(c1nc(OC[C@@]34CCCN3C[C@H](F)C4)nc3c(F)c(Cl)ncc13)C2. The summed E-state index contributed by atoms with van der Waals surface area (Å²) in [5.74, 6) is -0.303. The van der Waals surface area contributed by atoms with Gasteiger partial charge in [-0.2, -0.15) is 9.97 Å². The second kappa shape index (κ2) is 9.15. The fourth-order valence-electron chi connectivity index (χ4n) is 6.22. The Morgan fingerprint density at radius 2 is 1.95 bits per heavy atom. The first-order valence-electron chi connectivity index (χ1n) is 13.0. The highest BCUT2D eigenvalue weighted by Gasteiger charge is 2.49. The van der Waals surface area contributed by atoms with Crippen LogP contribution in [0.5, 0.6) is 6.01 Å². The van der Waals surface area contributed by atoms with Crippen LogP contribution in [-0.2, 0) is 4.74 Å². The first kappa shape index (κ1) is 25.5. The van der Waals surface area contributed by atoms with Gasteiger partial charge in [-0.3, -0.25) is 9.80 Å². The van der Waals surface area contributed by atoms with E-state index in [1.54, 1.807) is 4.90 Å². The van der Waals surface area contributed by atoms with Crippen molar-refractivity contribution in [3.8, 4) is 6.01 Å². The number of carbonyl (C=O) groups excluding carboxylic acids is 1. The number of pyridine rings is 1. The van der Waals surface area contributed by atoms with Crippen molar-refractivity contribution in [2.75, 3.05) is 37.7 Å². The highest BCUT2D eigenvalue weighted by molar-refractivity contribution is 6.30. The lowest BCUT2D eigenvalue weighted by Crippen LogP contribution is -2.57. The van der Waals surface area contributed by atoms with Gasteiger partial charge in [-0.05, 0) is 40.2 Å². The molecular weight excluding hydrogens is 518 g/mol. The molecule has 6 rings (SSSR count). The zero-order valence-corrected chi connectivity index (χ0v) is 22.4. The number of piperazine rings is 1. The number of aromatic nitrogens is 3. The minimum atomic E-state index is -0.890. The maximum absolute atomic E-state index is 15.1. The van der Waals surface area contributed by atoms with E-state index >= 15 is 4.39 Å². The normalized spacial score (nSPS) is 28.8. The molecule has 2 bridgehead atoms. The topological polar surface area (TPSA) is 83.9 Å². The van der Waals surface area contributed by atoms with Crippen molar-refractivity contribution in [3.05, 3.63) is 29.3 Å². The largest absolute Gasteiger partial charge is 0.461 e. The van der Waals surface area contributed by atoms with Gasteiger partial charge in [-0.15, -0.1) is 0 Å². The molecule has 204 valence electrons. The Kier molecular flexibility index (Phi) is 6.14. The van der Waals surface area contributed by atoms with Crippen molar-refractivity contribution in [3.63, 3.8) is 0 Å². The summed E-state index contributed by atoms with van der Waals surface area (Å²) in [6.45, 7) is 7.80. The summed E-state index contributed by atoms with van der Waals surface area (Å²) in [6, 6.07) is -0.477. The Balaban J connectivity index is 1.30. The quantitative estimate of drug-likeness (QED) is 0.416. The molecule has 12 heteroatoms. The molecule has 0 radical (unpaired) electrons. The summed E-state index contributed by atoms with van der Waals surface area (Å²) in [7, 11) is 0. The molecule has 4 aliphatic heterocycles. The van der Waals surface area contributed by atoms with Crippen molar-refractivity contribution in [2.45, 2.75) is 69.4 Å². The monoisotopic (exact) mass is 548 g/mol. The Morgan fingerprint density at radius 1 is 1.21 bits per heavy atom. The summed E-state index contributed by atoms with van der Waals surface area (Å²) in [6.07, 6.45) is 6.36. The van der Waals surface area contributed by atoms with Gasteiger partial charge < -0.3 is 14.4 Å². The van der Waals surface area contributed by atoms with Crippen molar-refractivity contribution in [1.29, 1.82) is 0 Å². The van der Waals surface area contributed by atoms with E-state index in [1.807, 2.05) is 37.8 Å². The third-order valence-electron chi connectivity index (χ3n) is 7.82. The highest BCUT2D eigenvalue weighted by Crippen LogP contribution is 2.41. The second-order valence-electron chi connectivity index (χ2n) is 11.6. The van der Waals surface area contributed by atoms with Crippen LogP contribution in [0, 0.1) is 5.82 Å². The highest BCUT2D eigenvalue weighted by atomic mass is 35.5. The predicted molar refractivity (Wildman–Crippen MR) is 138 cm³/mol. The van der Waals surface area contributed by atoms with Crippen LogP contribution >= 0.6 is 11.6 Å². The third kappa shape index (κ3) is 4.43. The second-order valence-corrected chi connectivity index (χ2v) is 12.0. The molecule has 0 N–H and O–H groups in total. The molecule has 6 heterocycles. The minimum Gasteiger partial charge on any atom is -0.461 e. The van der Waals surface area contributed by atoms with Crippen molar-refractivity contribution in [1.82, 2.24) is 24.8 Å². The van der Waals surface area contributed by atoms with Crippen LogP contribution in [-0.4, -0.2) is 93.0 Å². The lowest BCUT2D eigenvalue weighted by atomic mass is 9.95. The fraction of sp³-hybridized carbons (Fsp3) is 0.615. The maximum atomic E-state index is 15.1. The number of fused-ring (bicyclic) bond motifs is 4. The number of rotatable bonds is 4. The zero-order valence-electron chi connectivity index (χ0n) is 21.7. The van der Waals surface area contributed by atoms with Gasteiger partial charge in [0.1, 0.15) is 29.7 Å². The Labute approximate surface area is 224 Å². The Hall–Kier alpha value is -2.79. The van der Waals surface area contributed by atoms with Crippen LogP contribution in [0.3, 0.4) is 0 Å². The Bertz CT molecular complexity index is 1290. The first-order valence-corrected chi connectivity index (χ1v) is 13.4. The average molecular weight is 549 g/mol. The van der Waals surface area contributed by atoms with Crippen molar-refractivity contribution >= 4 is 34.4 Å². The zero-order chi connectivity index (χ0) is 26.8. The van der Waals surface area contributed by atoms with Gasteiger partial charge in [0.15, 0.2) is 11.0 Å². The molecule has 4 atom stereocenters. The van der Waals surface area contributed by atoms with Gasteiger partial charge in [0.05, 0.1) is 23.0 Å². The molecule has 1 amide bonds. The summed E-state index contributed by atoms with van der Waals surface area (Å²) >= 11 is 5.99. The molecule has 2 unspecified atom stereocenters. The van der Waals surface area contributed by atoms with Gasteiger partial charge in [0.2, 0.25) is 0 Å². The van der Waals surface area contributed by atoms with Crippen molar-refractivity contribution < 1.29 is 23.0 Å². The number of hydrogen-bond acceptors (Lipinski definition) is 8. The standard InChI is InChI=1S/C26H31ClF2N6O3/c1-25(2,3)38-24(36)35-16-5-6-17(35)13-33(12-16)22-18-10-30-21(27)19(29)20(18)31-23(32-22)37-14-26-7-4-8-34(26)11-15(28)9-26/h5-6,10,15-17H,4,7-9,11-14H2,1-3H3/t15-,16?,17?,26+/m1/s1. The van der Waals surface area contributed by atoms with Crippen LogP contribution < -0.4 is 9.64 Å². The molecule has 3 saturated heterocycles. The van der Waals surface area contributed by atoms with E-state index in [4.69, 9.17) is 21.1 Å². The molecule has 0 spiro atoms. The summed E-state index contributed by atoms with van der Waals surface area (Å²) in [4.78, 5) is 31.7. The molecular formula is C26H31ClF2N6O3. The number of hydrogen-bond donors (Lipinski definition) is 0. The average Bonchev–Trinajstić information content (AvgIpc) is 3.46. The molecule has 2 aromatic rings. The summed E-state index contributed by atoms with van der Waals surface area (Å²) in [5, 5.41) is 0.107. The van der Waals surface area contributed by atoms with Crippen LogP contribution in [0.15, 0.2) is 18.3 Å². The molecule has 38 heavy (non-hydrogen) atoms. The van der Waals surface area contributed by atoms with Crippen LogP contribution in [0.2, 0.25) is 5.15 Å². The van der Waals surface area contributed by atoms with Crippen molar-refractivity contribution in [2.24, 2.45) is 0 Å². The third-order valence-corrected chi connectivity index (χ3v) is 8.08. The predicted octanol–water partition coefficient (Wildman–Crippen LogP) is 4.14. The van der Waals surface area contributed by atoms with Gasteiger partial charge in [-0.25, -0.2) is 18.6 Å². The van der Waals surface area contributed by atoms with E-state index < -0.39 is 23.1 Å². The molecule has 4 aliphatic rings. The molecule has 3 fully saturated rings. The minimum absolute atomic E-state index is 0.00655. The van der Waals surface area contributed by atoms with E-state index in [1.165, 1.54) is 6.20 Å². The lowest BCUT2D eigenvalue weighted by Gasteiger charge is -2.42. The van der Waals surface area contributed by atoms with E-state index in [-0.39, 0.29) is 41.5 Å². The van der Waals surface area contributed by atoms with E-state index in [0.717, 1.165) is 19.4 Å². The first-order chi connectivity index (χ1) is 18.0. The number of ether oxygens (including phenoxy) is 2. The summed E-state index contributed by atoms with van der Waals surface area (Å²) in [5.41, 5.74) is -0.995. The number of alkyl halides is 1. The number of nitrogens with zero attached hydrogens (tertiary/aromatic N) is 6. The van der Waals surface area contributed by atoms with E-state index in [9.17, 15) is 9.18 Å². The van der Waals surface area contributed by atoms with Gasteiger partial charge in [0.25, 0.3) is 0 Å². The molecule has 0 aliphatic carbocycles. The number of halogens is 3. The fourth-order valence-corrected chi connectivity index (χ4v) is 6.36. The smallest absolute Gasteiger partial charge is 0.411 e. The Morgan fingerprint density at radius 3 is 2.66 bits per heavy atom. The number of amides is 1. The summed E-state index contributed by atoms with van der Waals surface area (Å²) < 4.78 is 41.1. The van der Waals surface area contributed by atoms with E-state index in [0.29, 0.717) is 37.3 Å². The molecule has 0 aromatic carbocycles. The van der Waals surface area contributed by atoms with Crippen LogP contribution in [0.1, 0.15) is 40.0 Å². The van der Waals surface area contributed by atoms with Gasteiger partial charge >= 0.3 is 12.1 Å². The molecule has 0 saturated carbocycles. The number of anilines is 1. The molecule has 2 aromatic heterocycles. The van der Waals surface area contributed by atoms with Gasteiger partial charge in [-0.1, -0.05) is 23.8 Å². The van der Waals surface area contributed by atoms with E-state index in [2.05, 4.69) is 19.9 Å².